The van der Waals surface area contributed by atoms with Gasteiger partial charge in [-0.25, -0.2) is 9.78 Å². The van der Waals surface area contributed by atoms with Gasteiger partial charge in [-0.1, -0.05) is 24.3 Å². The molecule has 94 valence electrons. The number of aromatic nitrogens is 2. The van der Waals surface area contributed by atoms with Crippen LogP contribution < -0.4 is 0 Å². The zero-order valence-corrected chi connectivity index (χ0v) is 10.8. The Morgan fingerprint density at radius 2 is 2.06 bits per heavy atom. The Balaban J connectivity index is 2.37. The number of rotatable bonds is 3. The van der Waals surface area contributed by atoms with E-state index in [-0.39, 0.29) is 5.97 Å². The Morgan fingerprint density at radius 3 is 2.72 bits per heavy atom. The van der Waals surface area contributed by atoms with Crippen molar-refractivity contribution in [3.63, 3.8) is 0 Å². The lowest BCUT2D eigenvalue weighted by Crippen LogP contribution is -2.13. The second-order valence-corrected chi connectivity index (χ2v) is 4.19. The Morgan fingerprint density at radius 1 is 1.33 bits per heavy atom. The molecule has 18 heavy (non-hydrogen) atoms. The highest BCUT2D eigenvalue weighted by Gasteiger charge is 2.15. The minimum absolute atomic E-state index is 0.357. The molecule has 0 amide bonds. The van der Waals surface area contributed by atoms with E-state index in [9.17, 15) is 4.79 Å². The summed E-state index contributed by atoms with van der Waals surface area (Å²) < 4.78 is 6.63. The molecule has 1 aromatic carbocycles. The van der Waals surface area contributed by atoms with Gasteiger partial charge in [0.25, 0.3) is 0 Å². The molecule has 2 rings (SSSR count). The number of methoxy groups -OCH3 is 1. The van der Waals surface area contributed by atoms with E-state index in [4.69, 9.17) is 4.74 Å². The summed E-state index contributed by atoms with van der Waals surface area (Å²) in [5.74, 6) is 0.447. The molecule has 0 saturated heterocycles. The normalized spacial score (nSPS) is 10.4. The van der Waals surface area contributed by atoms with Gasteiger partial charge >= 0.3 is 5.97 Å². The van der Waals surface area contributed by atoms with Gasteiger partial charge < -0.3 is 9.30 Å². The van der Waals surface area contributed by atoms with E-state index in [0.29, 0.717) is 12.2 Å². The molecule has 0 bridgehead atoms. The van der Waals surface area contributed by atoms with E-state index in [1.54, 1.807) is 6.20 Å². The van der Waals surface area contributed by atoms with E-state index in [0.717, 1.165) is 5.82 Å². The molecule has 0 radical (unpaired) electrons. The number of ether oxygens (including phenoxy) is 1. The van der Waals surface area contributed by atoms with Crippen molar-refractivity contribution in [2.45, 2.75) is 20.4 Å². The van der Waals surface area contributed by atoms with Gasteiger partial charge in [0.05, 0.1) is 13.3 Å². The van der Waals surface area contributed by atoms with E-state index < -0.39 is 0 Å². The Labute approximate surface area is 106 Å². The lowest BCUT2D eigenvalue weighted by Gasteiger charge is -2.11. The molecule has 4 heteroatoms. The van der Waals surface area contributed by atoms with Crippen molar-refractivity contribution >= 4 is 5.97 Å². The first-order valence-corrected chi connectivity index (χ1v) is 5.78. The first-order chi connectivity index (χ1) is 8.63. The largest absolute Gasteiger partial charge is 0.464 e. The SMILES string of the molecule is COC(=O)c1cnc(C)n1Cc1ccccc1C. The van der Waals surface area contributed by atoms with Gasteiger partial charge in [0.15, 0.2) is 0 Å². The topological polar surface area (TPSA) is 44.1 Å². The van der Waals surface area contributed by atoms with Crippen LogP contribution in [0.2, 0.25) is 0 Å². The van der Waals surface area contributed by atoms with Crippen molar-refractivity contribution in [3.05, 3.63) is 53.1 Å². The van der Waals surface area contributed by atoms with Crippen LogP contribution in [0.5, 0.6) is 0 Å². The van der Waals surface area contributed by atoms with Crippen molar-refractivity contribution in [1.82, 2.24) is 9.55 Å². The average molecular weight is 244 g/mol. The second kappa shape index (κ2) is 5.04. The zero-order chi connectivity index (χ0) is 13.1. The first-order valence-electron chi connectivity index (χ1n) is 5.78. The van der Waals surface area contributed by atoms with Gasteiger partial charge in [-0.2, -0.15) is 0 Å². The monoisotopic (exact) mass is 244 g/mol. The maximum Gasteiger partial charge on any atom is 0.356 e. The second-order valence-electron chi connectivity index (χ2n) is 4.19. The predicted octanol–water partition coefficient (Wildman–Crippen LogP) is 2.33. The van der Waals surface area contributed by atoms with Gasteiger partial charge in [-0.05, 0) is 25.0 Å². The number of benzene rings is 1. The van der Waals surface area contributed by atoms with Crippen LogP contribution >= 0.6 is 0 Å². The summed E-state index contributed by atoms with van der Waals surface area (Å²) in [6, 6.07) is 8.10. The molecule has 0 N–H and O–H groups in total. The summed E-state index contributed by atoms with van der Waals surface area (Å²) in [4.78, 5) is 15.8. The van der Waals surface area contributed by atoms with Gasteiger partial charge in [0, 0.05) is 6.54 Å². The minimum atomic E-state index is -0.357. The van der Waals surface area contributed by atoms with Crippen molar-refractivity contribution in [1.29, 1.82) is 0 Å². The lowest BCUT2D eigenvalue weighted by molar-refractivity contribution is 0.0588. The highest BCUT2D eigenvalue weighted by molar-refractivity contribution is 5.87. The number of aryl methyl sites for hydroxylation is 2. The van der Waals surface area contributed by atoms with Crippen LogP contribution in [0, 0.1) is 13.8 Å². The molecule has 0 spiro atoms. The van der Waals surface area contributed by atoms with E-state index >= 15 is 0 Å². The van der Waals surface area contributed by atoms with Crippen LogP contribution in [-0.2, 0) is 11.3 Å². The van der Waals surface area contributed by atoms with Crippen LogP contribution in [0.4, 0.5) is 0 Å². The molecule has 0 saturated carbocycles. The summed E-state index contributed by atoms with van der Waals surface area (Å²) >= 11 is 0. The number of hydrogen-bond acceptors (Lipinski definition) is 3. The Bertz CT molecular complexity index is 573. The van der Waals surface area contributed by atoms with Crippen LogP contribution in [0.25, 0.3) is 0 Å². The quantitative estimate of drug-likeness (QED) is 0.778. The standard InChI is InChI=1S/C14H16N2O2/c1-10-6-4-5-7-12(10)9-16-11(2)15-8-13(16)14(17)18-3/h4-8H,9H2,1-3H3. The molecule has 0 aliphatic carbocycles. The molecule has 1 heterocycles. The van der Waals surface area contributed by atoms with Gasteiger partial charge in [0.1, 0.15) is 11.5 Å². The smallest absolute Gasteiger partial charge is 0.356 e. The fraction of sp³-hybridized carbons (Fsp3) is 0.286. The van der Waals surface area contributed by atoms with Gasteiger partial charge in [-0.15, -0.1) is 0 Å². The van der Waals surface area contributed by atoms with E-state index in [1.165, 1.54) is 18.2 Å². The number of hydrogen-bond donors (Lipinski definition) is 0. The summed E-state index contributed by atoms with van der Waals surface area (Å²) in [5, 5.41) is 0. The van der Waals surface area contributed by atoms with E-state index in [1.807, 2.05) is 23.6 Å². The summed E-state index contributed by atoms with van der Waals surface area (Å²) in [5.41, 5.74) is 2.85. The Kier molecular flexibility index (Phi) is 3.46. The molecular formula is C14H16N2O2. The molecule has 1 aromatic heterocycles. The molecule has 0 fully saturated rings. The maximum absolute atomic E-state index is 11.6. The third kappa shape index (κ3) is 2.27. The molecule has 0 aliphatic rings. The van der Waals surface area contributed by atoms with Crippen molar-refractivity contribution in [2.24, 2.45) is 0 Å². The average Bonchev–Trinajstić information content (AvgIpc) is 2.73. The van der Waals surface area contributed by atoms with Crippen LogP contribution in [0.3, 0.4) is 0 Å². The van der Waals surface area contributed by atoms with Crippen LogP contribution in [-0.4, -0.2) is 22.6 Å². The van der Waals surface area contributed by atoms with Crippen molar-refractivity contribution in [2.75, 3.05) is 7.11 Å². The fourth-order valence-electron chi connectivity index (χ4n) is 1.89. The molecular weight excluding hydrogens is 228 g/mol. The summed E-state index contributed by atoms with van der Waals surface area (Å²) in [6.45, 7) is 4.56. The maximum atomic E-state index is 11.6. The number of carbonyl (C=O) groups is 1. The highest BCUT2D eigenvalue weighted by atomic mass is 16.5. The highest BCUT2D eigenvalue weighted by Crippen LogP contribution is 2.13. The third-order valence-electron chi connectivity index (χ3n) is 3.04. The van der Waals surface area contributed by atoms with Crippen LogP contribution in [0.1, 0.15) is 27.4 Å². The minimum Gasteiger partial charge on any atom is -0.464 e. The fourth-order valence-corrected chi connectivity index (χ4v) is 1.89. The summed E-state index contributed by atoms with van der Waals surface area (Å²) in [6.07, 6.45) is 1.56. The van der Waals surface area contributed by atoms with Crippen molar-refractivity contribution < 1.29 is 9.53 Å². The Hall–Kier alpha value is -2.10. The van der Waals surface area contributed by atoms with Gasteiger partial charge in [-0.3, -0.25) is 0 Å². The zero-order valence-electron chi connectivity index (χ0n) is 10.8. The first kappa shape index (κ1) is 12.4. The van der Waals surface area contributed by atoms with Gasteiger partial charge in [0.2, 0.25) is 0 Å². The van der Waals surface area contributed by atoms with Crippen molar-refractivity contribution in [3.8, 4) is 0 Å². The number of nitrogens with zero attached hydrogens (tertiary/aromatic N) is 2. The predicted molar refractivity (Wildman–Crippen MR) is 68.6 cm³/mol. The van der Waals surface area contributed by atoms with E-state index in [2.05, 4.69) is 24.0 Å². The van der Waals surface area contributed by atoms with Crippen LogP contribution in [0.15, 0.2) is 30.5 Å². The molecule has 0 atom stereocenters. The third-order valence-corrected chi connectivity index (χ3v) is 3.04. The molecule has 2 aromatic rings. The summed E-state index contributed by atoms with van der Waals surface area (Å²) in [7, 11) is 1.38. The molecule has 4 nitrogen and oxygen atoms in total. The number of imidazole rings is 1. The number of carbonyl (C=O) groups excluding carboxylic acids is 1. The number of esters is 1. The lowest BCUT2D eigenvalue weighted by atomic mass is 10.1. The molecule has 0 aliphatic heterocycles. The molecule has 0 unspecified atom stereocenters.